The van der Waals surface area contributed by atoms with Gasteiger partial charge in [-0.25, -0.2) is 9.97 Å². The molecule has 102 valence electrons. The van der Waals surface area contributed by atoms with Crippen LogP contribution in [0.5, 0.6) is 5.88 Å². The minimum absolute atomic E-state index is 0.483. The van der Waals surface area contributed by atoms with Crippen molar-refractivity contribution in [2.45, 2.75) is 38.6 Å². The van der Waals surface area contributed by atoms with Gasteiger partial charge in [-0.1, -0.05) is 25.7 Å². The molecule has 19 heavy (non-hydrogen) atoms. The standard InChI is InChI=1S/C13H19N5O/c1-19-12-10-11(15-8-16-12)18(13(14)17-10)7-6-9-4-2-3-5-9/h8-9H,2-7H2,1H3,(H2,14,17). The molecule has 0 spiro atoms. The minimum atomic E-state index is 0.483. The van der Waals surface area contributed by atoms with Crippen LogP contribution in [0.25, 0.3) is 11.2 Å². The summed E-state index contributed by atoms with van der Waals surface area (Å²) >= 11 is 0. The van der Waals surface area contributed by atoms with Crippen molar-refractivity contribution in [1.82, 2.24) is 19.5 Å². The van der Waals surface area contributed by atoms with Crippen LogP contribution in [0.15, 0.2) is 6.33 Å². The maximum atomic E-state index is 5.99. The molecular formula is C13H19N5O. The Morgan fingerprint density at radius 1 is 1.37 bits per heavy atom. The van der Waals surface area contributed by atoms with Crippen molar-refractivity contribution in [3.63, 3.8) is 0 Å². The van der Waals surface area contributed by atoms with Crippen LogP contribution in [0.2, 0.25) is 0 Å². The molecule has 0 bridgehead atoms. The highest BCUT2D eigenvalue weighted by Gasteiger charge is 2.18. The van der Waals surface area contributed by atoms with Gasteiger partial charge >= 0.3 is 0 Å². The quantitative estimate of drug-likeness (QED) is 0.910. The number of anilines is 1. The van der Waals surface area contributed by atoms with Crippen molar-refractivity contribution in [3.05, 3.63) is 6.33 Å². The van der Waals surface area contributed by atoms with Crippen LogP contribution in [0.1, 0.15) is 32.1 Å². The molecule has 3 rings (SSSR count). The highest BCUT2D eigenvalue weighted by atomic mass is 16.5. The predicted octanol–water partition coefficient (Wildman–Crippen LogP) is 2.00. The molecular weight excluding hydrogens is 242 g/mol. The Hall–Kier alpha value is -1.85. The van der Waals surface area contributed by atoms with Crippen LogP contribution in [0.3, 0.4) is 0 Å². The topological polar surface area (TPSA) is 78.8 Å². The lowest BCUT2D eigenvalue weighted by Crippen LogP contribution is -2.07. The minimum Gasteiger partial charge on any atom is -0.479 e. The van der Waals surface area contributed by atoms with E-state index < -0.39 is 0 Å². The molecule has 2 aromatic heterocycles. The largest absolute Gasteiger partial charge is 0.479 e. The van der Waals surface area contributed by atoms with Crippen LogP contribution < -0.4 is 10.5 Å². The van der Waals surface area contributed by atoms with E-state index in [1.54, 1.807) is 7.11 Å². The summed E-state index contributed by atoms with van der Waals surface area (Å²) in [6.45, 7) is 0.868. The number of nitrogens with two attached hydrogens (primary N) is 1. The molecule has 0 atom stereocenters. The van der Waals surface area contributed by atoms with Crippen LogP contribution >= 0.6 is 0 Å². The predicted molar refractivity (Wildman–Crippen MR) is 72.9 cm³/mol. The van der Waals surface area contributed by atoms with Gasteiger partial charge in [0.05, 0.1) is 7.11 Å². The van der Waals surface area contributed by atoms with Gasteiger partial charge in [-0.3, -0.25) is 4.57 Å². The molecule has 0 aliphatic heterocycles. The molecule has 2 N–H and O–H groups in total. The fourth-order valence-electron chi connectivity index (χ4n) is 2.91. The van der Waals surface area contributed by atoms with E-state index in [-0.39, 0.29) is 0 Å². The zero-order valence-corrected chi connectivity index (χ0v) is 11.2. The number of hydrogen-bond donors (Lipinski definition) is 1. The molecule has 0 unspecified atom stereocenters. The fraction of sp³-hybridized carbons (Fsp3) is 0.615. The van der Waals surface area contributed by atoms with E-state index in [0.29, 0.717) is 17.3 Å². The summed E-state index contributed by atoms with van der Waals surface area (Å²) in [5.41, 5.74) is 7.40. The van der Waals surface area contributed by atoms with Crippen molar-refractivity contribution < 1.29 is 4.74 Å². The monoisotopic (exact) mass is 261 g/mol. The maximum absolute atomic E-state index is 5.99. The third kappa shape index (κ3) is 2.22. The Morgan fingerprint density at radius 3 is 2.89 bits per heavy atom. The number of rotatable bonds is 4. The van der Waals surface area contributed by atoms with E-state index in [1.807, 2.05) is 4.57 Å². The molecule has 6 heteroatoms. The molecule has 1 aliphatic carbocycles. The number of hydrogen-bond acceptors (Lipinski definition) is 5. The molecule has 0 amide bonds. The summed E-state index contributed by atoms with van der Waals surface area (Å²) < 4.78 is 7.16. The summed E-state index contributed by atoms with van der Waals surface area (Å²) in [7, 11) is 1.58. The first-order valence-corrected chi connectivity index (χ1v) is 6.80. The lowest BCUT2D eigenvalue weighted by molar-refractivity contribution is 0.401. The van der Waals surface area contributed by atoms with Gasteiger partial charge in [-0.2, -0.15) is 4.98 Å². The van der Waals surface area contributed by atoms with Crippen LogP contribution in [0.4, 0.5) is 5.95 Å². The molecule has 0 saturated heterocycles. The average molecular weight is 261 g/mol. The third-order valence-corrected chi connectivity index (χ3v) is 3.96. The summed E-state index contributed by atoms with van der Waals surface area (Å²) in [5.74, 6) is 1.80. The lowest BCUT2D eigenvalue weighted by Gasteiger charge is -2.10. The molecule has 2 heterocycles. The summed E-state index contributed by atoms with van der Waals surface area (Å²) in [6.07, 6.45) is 8.04. The van der Waals surface area contributed by atoms with E-state index >= 15 is 0 Å². The molecule has 1 aliphatic rings. The van der Waals surface area contributed by atoms with Gasteiger partial charge in [0.1, 0.15) is 6.33 Å². The van der Waals surface area contributed by atoms with Gasteiger partial charge in [0.25, 0.3) is 0 Å². The van der Waals surface area contributed by atoms with Crippen LogP contribution in [-0.2, 0) is 6.54 Å². The smallest absolute Gasteiger partial charge is 0.245 e. The number of fused-ring (bicyclic) bond motifs is 1. The maximum Gasteiger partial charge on any atom is 0.245 e. The van der Waals surface area contributed by atoms with Crippen LogP contribution in [-0.4, -0.2) is 26.6 Å². The number of nitrogen functional groups attached to an aromatic ring is 1. The van der Waals surface area contributed by atoms with Gasteiger partial charge in [-0.05, 0) is 12.3 Å². The Bertz CT molecular complexity index is 574. The molecule has 1 saturated carbocycles. The molecule has 2 aromatic rings. The second-order valence-electron chi connectivity index (χ2n) is 5.12. The average Bonchev–Trinajstić information content (AvgIpc) is 3.03. The summed E-state index contributed by atoms with van der Waals surface area (Å²) in [4.78, 5) is 12.7. The lowest BCUT2D eigenvalue weighted by atomic mass is 10.0. The Morgan fingerprint density at radius 2 is 2.16 bits per heavy atom. The summed E-state index contributed by atoms with van der Waals surface area (Å²) in [6, 6.07) is 0. The molecule has 0 aromatic carbocycles. The van der Waals surface area contributed by atoms with Gasteiger partial charge < -0.3 is 10.5 Å². The molecule has 6 nitrogen and oxygen atoms in total. The first-order chi connectivity index (χ1) is 9.29. The molecule has 1 fully saturated rings. The highest BCUT2D eigenvalue weighted by molar-refractivity contribution is 5.78. The number of nitrogens with zero attached hydrogens (tertiary/aromatic N) is 4. The van der Waals surface area contributed by atoms with Crippen LogP contribution in [0, 0.1) is 5.92 Å². The number of imidazole rings is 1. The van der Waals surface area contributed by atoms with E-state index in [0.717, 1.165) is 24.5 Å². The number of ether oxygens (including phenoxy) is 1. The SMILES string of the molecule is COc1ncnc2c1nc(N)n2CCC1CCCC1. The second-order valence-corrected chi connectivity index (χ2v) is 5.12. The first-order valence-electron chi connectivity index (χ1n) is 6.80. The normalized spacial score (nSPS) is 16.3. The third-order valence-electron chi connectivity index (χ3n) is 3.96. The van der Waals surface area contributed by atoms with E-state index in [9.17, 15) is 0 Å². The zero-order valence-electron chi connectivity index (χ0n) is 11.2. The van der Waals surface area contributed by atoms with Crippen molar-refractivity contribution in [2.75, 3.05) is 12.8 Å². The van der Waals surface area contributed by atoms with Crippen molar-refractivity contribution >= 4 is 17.1 Å². The Balaban J connectivity index is 1.87. The van der Waals surface area contributed by atoms with Gasteiger partial charge in [0.2, 0.25) is 11.8 Å². The zero-order chi connectivity index (χ0) is 13.2. The van der Waals surface area contributed by atoms with Crippen molar-refractivity contribution in [3.8, 4) is 5.88 Å². The first kappa shape index (κ1) is 12.2. The molecule has 0 radical (unpaired) electrons. The summed E-state index contributed by atoms with van der Waals surface area (Å²) in [5, 5.41) is 0. The van der Waals surface area contributed by atoms with Crippen molar-refractivity contribution in [1.29, 1.82) is 0 Å². The Labute approximate surface area is 112 Å². The number of aromatic nitrogens is 4. The number of aryl methyl sites for hydroxylation is 1. The highest BCUT2D eigenvalue weighted by Crippen LogP contribution is 2.29. The number of methoxy groups -OCH3 is 1. The van der Waals surface area contributed by atoms with E-state index in [2.05, 4.69) is 15.0 Å². The second kappa shape index (κ2) is 5.03. The van der Waals surface area contributed by atoms with Gasteiger partial charge in [0, 0.05) is 6.54 Å². The fourth-order valence-corrected chi connectivity index (χ4v) is 2.91. The Kier molecular flexibility index (Phi) is 3.23. The van der Waals surface area contributed by atoms with Gasteiger partial charge in [0.15, 0.2) is 11.2 Å². The van der Waals surface area contributed by atoms with Gasteiger partial charge in [-0.15, -0.1) is 0 Å². The van der Waals surface area contributed by atoms with E-state index in [4.69, 9.17) is 10.5 Å². The van der Waals surface area contributed by atoms with E-state index in [1.165, 1.54) is 32.0 Å². The van der Waals surface area contributed by atoms with Crippen molar-refractivity contribution in [2.24, 2.45) is 5.92 Å².